The highest BCUT2D eigenvalue weighted by Crippen LogP contribution is 2.24. The van der Waals surface area contributed by atoms with Crippen molar-refractivity contribution in [2.24, 2.45) is 5.73 Å². The Balaban J connectivity index is 2.20. The van der Waals surface area contributed by atoms with Gasteiger partial charge in [0.05, 0.1) is 0 Å². The highest BCUT2D eigenvalue weighted by Gasteiger charge is 2.10. The number of rotatable bonds is 5. The van der Waals surface area contributed by atoms with Crippen LogP contribution in [0.2, 0.25) is 0 Å². The van der Waals surface area contributed by atoms with Crippen LogP contribution >= 0.6 is 0 Å². The average Bonchev–Trinajstić information content (AvgIpc) is 2.42. The van der Waals surface area contributed by atoms with Crippen LogP contribution in [0.1, 0.15) is 16.7 Å². The highest BCUT2D eigenvalue weighted by molar-refractivity contribution is 5.36. The van der Waals surface area contributed by atoms with Crippen LogP contribution in [-0.4, -0.2) is 6.54 Å². The van der Waals surface area contributed by atoms with Crippen molar-refractivity contribution in [2.45, 2.75) is 20.0 Å². The first-order valence-electron chi connectivity index (χ1n) is 6.47. The summed E-state index contributed by atoms with van der Waals surface area (Å²) in [5.41, 5.74) is 7.83. The third-order valence-electron chi connectivity index (χ3n) is 3.15. The molecular formula is C16H17F2NO. The predicted octanol–water partition coefficient (Wildman–Crippen LogP) is 3.35. The quantitative estimate of drug-likeness (QED) is 0.909. The van der Waals surface area contributed by atoms with E-state index < -0.39 is 5.82 Å². The van der Waals surface area contributed by atoms with Gasteiger partial charge in [0.15, 0.2) is 11.6 Å². The number of ether oxygens (including phenoxy) is 1. The molecule has 0 aliphatic heterocycles. The van der Waals surface area contributed by atoms with E-state index in [1.54, 1.807) is 18.2 Å². The molecule has 2 rings (SSSR count). The molecule has 0 amide bonds. The van der Waals surface area contributed by atoms with Gasteiger partial charge in [-0.1, -0.05) is 18.2 Å². The minimum absolute atomic E-state index is 0.127. The van der Waals surface area contributed by atoms with Crippen LogP contribution in [-0.2, 0) is 13.0 Å². The van der Waals surface area contributed by atoms with Crippen molar-refractivity contribution in [3.63, 3.8) is 0 Å². The molecule has 0 aromatic heterocycles. The zero-order valence-corrected chi connectivity index (χ0v) is 11.3. The summed E-state index contributed by atoms with van der Waals surface area (Å²) in [6.45, 7) is 2.40. The zero-order chi connectivity index (χ0) is 14.5. The van der Waals surface area contributed by atoms with Gasteiger partial charge in [-0.2, -0.15) is 0 Å². The SMILES string of the molecule is Cc1ccc(F)cc1COc1c(F)cccc1CCN. The molecule has 0 saturated carbocycles. The molecule has 0 unspecified atom stereocenters. The summed E-state index contributed by atoms with van der Waals surface area (Å²) >= 11 is 0. The molecule has 0 aliphatic carbocycles. The number of para-hydroxylation sites is 1. The Kier molecular flexibility index (Phi) is 4.69. The molecule has 2 N–H and O–H groups in total. The summed E-state index contributed by atoms with van der Waals surface area (Å²) in [7, 11) is 0. The Bertz CT molecular complexity index is 599. The van der Waals surface area contributed by atoms with Crippen LogP contribution < -0.4 is 10.5 Å². The standard InChI is InChI=1S/C16H17F2NO/c1-11-5-6-14(17)9-13(11)10-20-16-12(7-8-19)3-2-4-15(16)18/h2-6,9H,7-8,10,19H2,1H3. The van der Waals surface area contributed by atoms with E-state index in [1.165, 1.54) is 18.2 Å². The predicted molar refractivity (Wildman–Crippen MR) is 74.6 cm³/mol. The second kappa shape index (κ2) is 6.48. The van der Waals surface area contributed by atoms with Crippen molar-refractivity contribution in [3.8, 4) is 5.75 Å². The molecule has 106 valence electrons. The molecule has 0 heterocycles. The van der Waals surface area contributed by atoms with E-state index in [9.17, 15) is 8.78 Å². The van der Waals surface area contributed by atoms with Crippen LogP contribution in [0.4, 0.5) is 8.78 Å². The third kappa shape index (κ3) is 3.33. The fourth-order valence-electron chi connectivity index (χ4n) is 2.01. The summed E-state index contributed by atoms with van der Waals surface area (Å²) < 4.78 is 32.6. The molecule has 2 aromatic rings. The molecule has 4 heteroatoms. The molecule has 2 aromatic carbocycles. The molecule has 0 saturated heterocycles. The van der Waals surface area contributed by atoms with Crippen molar-refractivity contribution in [1.82, 2.24) is 0 Å². The normalized spacial score (nSPS) is 10.6. The van der Waals surface area contributed by atoms with Gasteiger partial charge in [-0.05, 0) is 54.8 Å². The lowest BCUT2D eigenvalue weighted by atomic mass is 10.1. The third-order valence-corrected chi connectivity index (χ3v) is 3.15. The Morgan fingerprint density at radius 3 is 2.65 bits per heavy atom. The molecule has 0 fully saturated rings. The summed E-state index contributed by atoms with van der Waals surface area (Å²) in [6.07, 6.45) is 0.537. The van der Waals surface area contributed by atoms with Crippen LogP contribution in [0.5, 0.6) is 5.75 Å². The van der Waals surface area contributed by atoms with Crippen LogP contribution in [0.3, 0.4) is 0 Å². The lowest BCUT2D eigenvalue weighted by molar-refractivity contribution is 0.285. The summed E-state index contributed by atoms with van der Waals surface area (Å²) in [5.74, 6) is -0.559. The van der Waals surface area contributed by atoms with Crippen molar-refractivity contribution in [3.05, 3.63) is 64.7 Å². The number of nitrogens with two attached hydrogens (primary N) is 1. The summed E-state index contributed by atoms with van der Waals surface area (Å²) in [5, 5.41) is 0. The first-order valence-corrected chi connectivity index (χ1v) is 6.47. The maximum Gasteiger partial charge on any atom is 0.165 e. The molecule has 20 heavy (non-hydrogen) atoms. The molecule has 0 spiro atoms. The number of benzene rings is 2. The monoisotopic (exact) mass is 277 g/mol. The summed E-state index contributed by atoms with van der Waals surface area (Å²) in [6, 6.07) is 9.22. The van der Waals surface area contributed by atoms with E-state index in [0.717, 1.165) is 11.1 Å². The van der Waals surface area contributed by atoms with E-state index in [4.69, 9.17) is 10.5 Å². The van der Waals surface area contributed by atoms with Crippen molar-refractivity contribution >= 4 is 0 Å². The maximum absolute atomic E-state index is 13.8. The average molecular weight is 277 g/mol. The smallest absolute Gasteiger partial charge is 0.165 e. The lowest BCUT2D eigenvalue weighted by Gasteiger charge is -2.13. The Labute approximate surface area is 117 Å². The van der Waals surface area contributed by atoms with Gasteiger partial charge >= 0.3 is 0 Å². The van der Waals surface area contributed by atoms with E-state index in [1.807, 2.05) is 6.92 Å². The van der Waals surface area contributed by atoms with Crippen LogP contribution in [0.25, 0.3) is 0 Å². The van der Waals surface area contributed by atoms with Crippen molar-refractivity contribution in [2.75, 3.05) is 6.54 Å². The van der Waals surface area contributed by atoms with Crippen LogP contribution in [0.15, 0.2) is 36.4 Å². The van der Waals surface area contributed by atoms with Gasteiger partial charge < -0.3 is 10.5 Å². The molecule has 2 nitrogen and oxygen atoms in total. The van der Waals surface area contributed by atoms with Gasteiger partial charge in [0.2, 0.25) is 0 Å². The number of halogens is 2. The molecule has 0 radical (unpaired) electrons. The first kappa shape index (κ1) is 14.5. The maximum atomic E-state index is 13.8. The van der Waals surface area contributed by atoms with Crippen molar-refractivity contribution < 1.29 is 13.5 Å². The molecular weight excluding hydrogens is 260 g/mol. The van der Waals surface area contributed by atoms with Gasteiger partial charge in [-0.25, -0.2) is 8.78 Å². The lowest BCUT2D eigenvalue weighted by Crippen LogP contribution is -2.07. The minimum atomic E-state index is -0.426. The topological polar surface area (TPSA) is 35.2 Å². The molecule has 0 atom stereocenters. The van der Waals surface area contributed by atoms with Crippen molar-refractivity contribution in [1.29, 1.82) is 0 Å². The Morgan fingerprint density at radius 1 is 1.10 bits per heavy atom. The van der Waals surface area contributed by atoms with Gasteiger partial charge in [0.1, 0.15) is 12.4 Å². The van der Waals surface area contributed by atoms with Crippen LogP contribution in [0, 0.1) is 18.6 Å². The summed E-state index contributed by atoms with van der Waals surface area (Å²) in [4.78, 5) is 0. The Hall–Kier alpha value is -1.94. The van der Waals surface area contributed by atoms with E-state index >= 15 is 0 Å². The fourth-order valence-corrected chi connectivity index (χ4v) is 2.01. The molecule has 0 bridgehead atoms. The zero-order valence-electron chi connectivity index (χ0n) is 11.3. The second-order valence-electron chi connectivity index (χ2n) is 4.63. The number of hydrogen-bond acceptors (Lipinski definition) is 2. The Morgan fingerprint density at radius 2 is 1.90 bits per heavy atom. The van der Waals surface area contributed by atoms with E-state index in [-0.39, 0.29) is 18.2 Å². The van der Waals surface area contributed by atoms with E-state index in [0.29, 0.717) is 18.5 Å². The molecule has 0 aliphatic rings. The number of hydrogen-bond donors (Lipinski definition) is 1. The number of aryl methyl sites for hydroxylation is 1. The largest absolute Gasteiger partial charge is 0.486 e. The van der Waals surface area contributed by atoms with Gasteiger partial charge in [0.25, 0.3) is 0 Å². The fraction of sp³-hybridized carbons (Fsp3) is 0.250. The van der Waals surface area contributed by atoms with E-state index in [2.05, 4.69) is 0 Å². The van der Waals surface area contributed by atoms with Gasteiger partial charge in [-0.15, -0.1) is 0 Å². The second-order valence-corrected chi connectivity index (χ2v) is 4.63. The minimum Gasteiger partial charge on any atom is -0.486 e. The van der Waals surface area contributed by atoms with Gasteiger partial charge in [-0.3, -0.25) is 0 Å². The highest BCUT2D eigenvalue weighted by atomic mass is 19.1. The van der Waals surface area contributed by atoms with Gasteiger partial charge in [0, 0.05) is 0 Å². The first-order chi connectivity index (χ1) is 9.61.